The second-order valence-electron chi connectivity index (χ2n) is 7.26. The largest absolute Gasteiger partial charge is 0.351 e. The van der Waals surface area contributed by atoms with Crippen LogP contribution in [0.2, 0.25) is 0 Å². The molecule has 0 atom stereocenters. The van der Waals surface area contributed by atoms with Crippen LogP contribution in [0.15, 0.2) is 24.5 Å². The maximum Gasteiger partial charge on any atom is 0.225 e. The Morgan fingerprint density at radius 2 is 1.74 bits per heavy atom. The van der Waals surface area contributed by atoms with Crippen molar-refractivity contribution in [3.05, 3.63) is 35.8 Å². The van der Waals surface area contributed by atoms with Gasteiger partial charge in [-0.25, -0.2) is 9.97 Å². The molecule has 0 spiro atoms. The zero-order chi connectivity index (χ0) is 16.6. The van der Waals surface area contributed by atoms with Gasteiger partial charge in [0.2, 0.25) is 5.95 Å². The van der Waals surface area contributed by atoms with Crippen LogP contribution in [0.25, 0.3) is 0 Å². The number of aryl methyl sites for hydroxylation is 1. The Hall–Kier alpha value is -2.24. The van der Waals surface area contributed by atoms with Crippen molar-refractivity contribution in [2.75, 3.05) is 29.9 Å². The summed E-state index contributed by atoms with van der Waals surface area (Å²) in [5.74, 6) is 1.71. The first-order chi connectivity index (χ1) is 10.8. The topological polar surface area (TPSA) is 58.0 Å². The van der Waals surface area contributed by atoms with E-state index in [1.807, 2.05) is 26.4 Å². The van der Waals surface area contributed by atoms with E-state index in [1.54, 1.807) is 0 Å². The highest BCUT2D eigenvalue weighted by molar-refractivity contribution is 5.45. The van der Waals surface area contributed by atoms with Crippen LogP contribution in [-0.2, 0) is 5.41 Å². The van der Waals surface area contributed by atoms with Crippen molar-refractivity contribution in [3.8, 4) is 0 Å². The van der Waals surface area contributed by atoms with Crippen molar-refractivity contribution in [2.45, 2.75) is 39.2 Å². The van der Waals surface area contributed by atoms with Crippen LogP contribution < -0.4 is 9.80 Å². The lowest BCUT2D eigenvalue weighted by Crippen LogP contribution is -2.59. The van der Waals surface area contributed by atoms with Gasteiger partial charge in [-0.1, -0.05) is 20.8 Å². The van der Waals surface area contributed by atoms with Gasteiger partial charge >= 0.3 is 0 Å². The number of aromatic nitrogens is 4. The van der Waals surface area contributed by atoms with E-state index in [-0.39, 0.29) is 5.41 Å². The molecular weight excluding hydrogens is 288 g/mol. The maximum atomic E-state index is 4.39. The molecule has 0 aliphatic carbocycles. The summed E-state index contributed by atoms with van der Waals surface area (Å²) in [6.07, 6.45) is 3.71. The summed E-state index contributed by atoms with van der Waals surface area (Å²) >= 11 is 0. The maximum absolute atomic E-state index is 4.39. The predicted octanol–water partition coefficient (Wildman–Crippen LogP) is 2.20. The molecule has 1 aliphatic rings. The number of hydrogen-bond donors (Lipinski definition) is 0. The molecule has 6 nitrogen and oxygen atoms in total. The summed E-state index contributed by atoms with van der Waals surface area (Å²) in [6.45, 7) is 10.3. The van der Waals surface area contributed by atoms with Gasteiger partial charge < -0.3 is 9.80 Å². The summed E-state index contributed by atoms with van der Waals surface area (Å²) < 4.78 is 0. The highest BCUT2D eigenvalue weighted by Crippen LogP contribution is 2.25. The lowest BCUT2D eigenvalue weighted by molar-refractivity contribution is 0.482. The summed E-state index contributed by atoms with van der Waals surface area (Å²) in [6, 6.07) is 4.54. The van der Waals surface area contributed by atoms with Crippen LogP contribution in [0.5, 0.6) is 0 Å². The Balaban J connectivity index is 1.61. The van der Waals surface area contributed by atoms with E-state index in [2.05, 4.69) is 62.9 Å². The van der Waals surface area contributed by atoms with Gasteiger partial charge in [0.1, 0.15) is 0 Å². The summed E-state index contributed by atoms with van der Waals surface area (Å²) in [4.78, 5) is 13.1. The SMILES string of the molecule is Cc1cnc(N(C)C2CN(c3ccc(C(C)(C)C)nn3)C2)nc1. The molecule has 23 heavy (non-hydrogen) atoms. The van der Waals surface area contributed by atoms with E-state index in [4.69, 9.17) is 0 Å². The predicted molar refractivity (Wildman–Crippen MR) is 91.9 cm³/mol. The average molecular weight is 312 g/mol. The van der Waals surface area contributed by atoms with Crippen LogP contribution in [-0.4, -0.2) is 46.3 Å². The molecule has 0 aromatic carbocycles. The third kappa shape index (κ3) is 3.25. The Morgan fingerprint density at radius 3 is 2.26 bits per heavy atom. The monoisotopic (exact) mass is 312 g/mol. The van der Waals surface area contributed by atoms with Crippen molar-refractivity contribution in [1.29, 1.82) is 0 Å². The Bertz CT molecular complexity index is 653. The molecule has 2 aromatic rings. The standard InChI is InChI=1S/C17H24N6/c1-12-8-18-16(19-9-12)22(5)13-10-23(11-13)15-7-6-14(20-21-15)17(2,3)4/h6-9,13H,10-11H2,1-5H3. The minimum absolute atomic E-state index is 0.0337. The van der Waals surface area contributed by atoms with E-state index in [1.165, 1.54) is 0 Å². The molecule has 0 amide bonds. The molecule has 0 radical (unpaired) electrons. The van der Waals surface area contributed by atoms with Gasteiger partial charge in [-0.15, -0.1) is 5.10 Å². The second kappa shape index (κ2) is 5.76. The quantitative estimate of drug-likeness (QED) is 0.866. The molecule has 0 unspecified atom stereocenters. The average Bonchev–Trinajstić information content (AvgIpc) is 2.46. The fourth-order valence-electron chi connectivity index (χ4n) is 2.51. The van der Waals surface area contributed by atoms with Crippen molar-refractivity contribution in [3.63, 3.8) is 0 Å². The molecule has 0 saturated carbocycles. The summed E-state index contributed by atoms with van der Waals surface area (Å²) in [7, 11) is 2.04. The molecule has 122 valence electrons. The van der Waals surface area contributed by atoms with Crippen molar-refractivity contribution >= 4 is 11.8 Å². The highest BCUT2D eigenvalue weighted by atomic mass is 15.4. The molecule has 0 bridgehead atoms. The number of anilines is 2. The fraction of sp³-hybridized carbons (Fsp3) is 0.529. The molecule has 3 heterocycles. The van der Waals surface area contributed by atoms with E-state index in [0.29, 0.717) is 6.04 Å². The Morgan fingerprint density at radius 1 is 1.09 bits per heavy atom. The third-order valence-corrected chi connectivity index (χ3v) is 4.24. The highest BCUT2D eigenvalue weighted by Gasteiger charge is 2.32. The zero-order valence-corrected chi connectivity index (χ0v) is 14.5. The minimum Gasteiger partial charge on any atom is -0.351 e. The van der Waals surface area contributed by atoms with Gasteiger partial charge in [-0.3, -0.25) is 0 Å². The van der Waals surface area contributed by atoms with Crippen molar-refractivity contribution < 1.29 is 0 Å². The van der Waals surface area contributed by atoms with Gasteiger partial charge in [0.05, 0.1) is 11.7 Å². The first-order valence-electron chi connectivity index (χ1n) is 7.95. The van der Waals surface area contributed by atoms with Crippen LogP contribution in [0, 0.1) is 6.92 Å². The lowest BCUT2D eigenvalue weighted by Gasteiger charge is -2.44. The smallest absolute Gasteiger partial charge is 0.225 e. The first kappa shape index (κ1) is 15.6. The van der Waals surface area contributed by atoms with Crippen LogP contribution in [0.4, 0.5) is 11.8 Å². The molecule has 2 aromatic heterocycles. The normalized spacial score (nSPS) is 15.4. The molecule has 1 fully saturated rings. The Labute approximate surface area is 137 Å². The summed E-state index contributed by atoms with van der Waals surface area (Å²) in [5.41, 5.74) is 2.13. The number of hydrogen-bond acceptors (Lipinski definition) is 6. The van der Waals surface area contributed by atoms with Crippen molar-refractivity contribution in [1.82, 2.24) is 20.2 Å². The van der Waals surface area contributed by atoms with E-state index in [9.17, 15) is 0 Å². The second-order valence-corrected chi connectivity index (χ2v) is 7.26. The van der Waals surface area contributed by atoms with E-state index >= 15 is 0 Å². The molecule has 1 aliphatic heterocycles. The molecule has 1 saturated heterocycles. The van der Waals surface area contributed by atoms with Gasteiger partial charge in [0.25, 0.3) is 0 Å². The van der Waals surface area contributed by atoms with Gasteiger partial charge in [0.15, 0.2) is 5.82 Å². The third-order valence-electron chi connectivity index (χ3n) is 4.24. The zero-order valence-electron chi connectivity index (χ0n) is 14.5. The van der Waals surface area contributed by atoms with Crippen molar-refractivity contribution in [2.24, 2.45) is 0 Å². The first-order valence-corrected chi connectivity index (χ1v) is 7.95. The van der Waals surface area contributed by atoms with Gasteiger partial charge in [-0.05, 0) is 24.6 Å². The number of nitrogens with zero attached hydrogens (tertiary/aromatic N) is 6. The van der Waals surface area contributed by atoms with Gasteiger partial charge in [-0.2, -0.15) is 5.10 Å². The van der Waals surface area contributed by atoms with E-state index in [0.717, 1.165) is 36.1 Å². The lowest BCUT2D eigenvalue weighted by atomic mass is 9.92. The summed E-state index contributed by atoms with van der Waals surface area (Å²) in [5, 5.41) is 8.73. The molecule has 6 heteroatoms. The van der Waals surface area contributed by atoms with Crippen LogP contribution in [0.1, 0.15) is 32.0 Å². The van der Waals surface area contributed by atoms with E-state index < -0.39 is 0 Å². The molecule has 0 N–H and O–H groups in total. The molecular formula is C17H24N6. The van der Waals surface area contributed by atoms with Gasteiger partial charge in [0, 0.05) is 37.9 Å². The minimum atomic E-state index is 0.0337. The molecule has 3 rings (SSSR count). The van der Waals surface area contributed by atoms with Crippen LogP contribution in [0.3, 0.4) is 0 Å². The fourth-order valence-corrected chi connectivity index (χ4v) is 2.51. The number of rotatable bonds is 3. The number of likely N-dealkylation sites (N-methyl/N-ethyl adjacent to an activating group) is 1. The van der Waals surface area contributed by atoms with Crippen LogP contribution >= 0.6 is 0 Å². The Kier molecular flexibility index (Phi) is 3.92.